The fraction of sp³-hybridized carbons (Fsp3) is 0.682. The molecular weight excluding hydrogens is 388 g/mol. The van der Waals surface area contributed by atoms with E-state index in [-0.39, 0.29) is 11.6 Å². The highest BCUT2D eigenvalue weighted by atomic mass is 32.2. The maximum absolute atomic E-state index is 11.7. The molecule has 0 saturated carbocycles. The monoisotopic (exact) mass is 426 g/mol. The first-order valence-corrected chi connectivity index (χ1v) is 12.8. The predicted octanol–water partition coefficient (Wildman–Crippen LogP) is 5.03. The number of hydrogen-bond acceptors (Lipinski definition) is 4. The summed E-state index contributed by atoms with van der Waals surface area (Å²) in [5, 5.41) is 12.1. The van der Waals surface area contributed by atoms with Crippen LogP contribution in [0.3, 0.4) is 0 Å². The van der Waals surface area contributed by atoms with Crippen molar-refractivity contribution in [3.8, 4) is 0 Å². The zero-order valence-electron chi connectivity index (χ0n) is 18.0. The van der Waals surface area contributed by atoms with Gasteiger partial charge in [0, 0.05) is 18.3 Å². The summed E-state index contributed by atoms with van der Waals surface area (Å²) in [6, 6.07) is 6.28. The topological polar surface area (TPSA) is 95.5 Å². The minimum Gasteiger partial charge on any atom is -0.478 e. The minimum absolute atomic E-state index is 0.182. The van der Waals surface area contributed by atoms with Crippen LogP contribution in [-0.4, -0.2) is 38.3 Å². The Balaban J connectivity index is 2.30. The number of nitrogens with one attached hydrogen (secondary N) is 2. The number of hydrogen-bond donors (Lipinski definition) is 3. The molecule has 3 N–H and O–H groups in total. The number of benzene rings is 1. The molecule has 0 radical (unpaired) electrons. The van der Waals surface area contributed by atoms with Crippen LogP contribution in [0.1, 0.15) is 87.9 Å². The maximum atomic E-state index is 11.7. The van der Waals surface area contributed by atoms with Crippen LogP contribution in [0.15, 0.2) is 24.3 Å². The van der Waals surface area contributed by atoms with Gasteiger partial charge in [-0.05, 0) is 30.7 Å². The number of sulfonamides is 1. The lowest BCUT2D eigenvalue weighted by molar-refractivity contribution is 0.0697. The fourth-order valence-electron chi connectivity index (χ4n) is 3.36. The molecule has 1 rings (SSSR count). The van der Waals surface area contributed by atoms with Crippen molar-refractivity contribution in [3.05, 3.63) is 29.8 Å². The van der Waals surface area contributed by atoms with Gasteiger partial charge in [-0.25, -0.2) is 17.9 Å². The van der Waals surface area contributed by atoms with Gasteiger partial charge in [-0.15, -0.1) is 0 Å². The van der Waals surface area contributed by atoms with Gasteiger partial charge in [0.25, 0.3) is 0 Å². The summed E-state index contributed by atoms with van der Waals surface area (Å²) in [4.78, 5) is 10.9. The van der Waals surface area contributed by atoms with E-state index in [9.17, 15) is 13.2 Å². The smallest absolute Gasteiger partial charge is 0.335 e. The first kappa shape index (κ1) is 25.4. The third-order valence-electron chi connectivity index (χ3n) is 4.97. The lowest BCUT2D eigenvalue weighted by Crippen LogP contribution is -2.39. The molecule has 29 heavy (non-hydrogen) atoms. The first-order valence-electron chi connectivity index (χ1n) is 10.9. The zero-order valence-corrected chi connectivity index (χ0v) is 18.8. The molecule has 1 aromatic rings. The van der Waals surface area contributed by atoms with Crippen LogP contribution in [0.5, 0.6) is 0 Å². The summed E-state index contributed by atoms with van der Waals surface area (Å²) >= 11 is 0. The molecule has 0 aromatic heterocycles. The van der Waals surface area contributed by atoms with Gasteiger partial charge in [0.15, 0.2) is 0 Å². The second kappa shape index (κ2) is 14.4. The highest BCUT2D eigenvalue weighted by molar-refractivity contribution is 7.88. The van der Waals surface area contributed by atoms with E-state index in [1.807, 2.05) is 0 Å². The average molecular weight is 427 g/mol. The van der Waals surface area contributed by atoms with Gasteiger partial charge in [-0.1, -0.05) is 71.1 Å². The molecule has 0 amide bonds. The fourth-order valence-corrected chi connectivity index (χ4v) is 4.16. The molecule has 0 aliphatic heterocycles. The molecule has 166 valence electrons. The third kappa shape index (κ3) is 13.3. The molecule has 0 fully saturated rings. The summed E-state index contributed by atoms with van der Waals surface area (Å²) in [5.41, 5.74) is 1.00. The first-order chi connectivity index (χ1) is 13.8. The van der Waals surface area contributed by atoms with E-state index in [0.29, 0.717) is 6.54 Å². The Bertz CT molecular complexity index is 675. The van der Waals surface area contributed by atoms with Crippen LogP contribution in [-0.2, 0) is 10.0 Å². The molecule has 1 aromatic carbocycles. The molecular formula is C22H38N2O4S. The van der Waals surface area contributed by atoms with E-state index in [1.165, 1.54) is 69.8 Å². The lowest BCUT2D eigenvalue weighted by Gasteiger charge is -2.19. The van der Waals surface area contributed by atoms with Crippen molar-refractivity contribution in [2.24, 2.45) is 0 Å². The Morgan fingerprint density at radius 1 is 0.931 bits per heavy atom. The molecule has 1 unspecified atom stereocenters. The van der Waals surface area contributed by atoms with Crippen molar-refractivity contribution in [1.29, 1.82) is 0 Å². The number of rotatable bonds is 17. The third-order valence-corrected chi connectivity index (χ3v) is 5.73. The molecule has 0 aliphatic rings. The number of carbonyl (C=O) groups is 1. The van der Waals surface area contributed by atoms with Gasteiger partial charge in [0.05, 0.1) is 11.8 Å². The van der Waals surface area contributed by atoms with E-state index in [4.69, 9.17) is 5.11 Å². The highest BCUT2D eigenvalue weighted by Gasteiger charge is 2.13. The minimum atomic E-state index is -3.28. The molecule has 7 heteroatoms. The Hall–Kier alpha value is -1.60. The van der Waals surface area contributed by atoms with Crippen LogP contribution in [0.2, 0.25) is 0 Å². The van der Waals surface area contributed by atoms with Crippen molar-refractivity contribution in [2.75, 3.05) is 18.1 Å². The summed E-state index contributed by atoms with van der Waals surface area (Å²) in [5.74, 6) is -0.964. The van der Waals surface area contributed by atoms with Crippen molar-refractivity contribution >= 4 is 21.7 Å². The maximum Gasteiger partial charge on any atom is 0.335 e. The number of carboxylic acids is 1. The predicted molar refractivity (Wildman–Crippen MR) is 120 cm³/mol. The Morgan fingerprint density at radius 2 is 1.45 bits per heavy atom. The van der Waals surface area contributed by atoms with Crippen molar-refractivity contribution in [2.45, 2.75) is 83.6 Å². The largest absolute Gasteiger partial charge is 0.478 e. The SMILES string of the molecule is CCCCCCCCCCCCC(CNc1ccc(C(=O)O)cc1)NS(C)(=O)=O. The van der Waals surface area contributed by atoms with Crippen LogP contribution >= 0.6 is 0 Å². The standard InChI is InChI=1S/C22H38N2O4S/c1-3-4-5-6-7-8-9-10-11-12-13-21(24-29(2,27)28)18-23-20-16-14-19(15-17-20)22(25)26/h14-17,21,23-24H,3-13,18H2,1-2H3,(H,25,26). The Kier molecular flexibility index (Phi) is 12.6. The van der Waals surface area contributed by atoms with Gasteiger partial charge < -0.3 is 10.4 Å². The number of unbranched alkanes of at least 4 members (excludes halogenated alkanes) is 9. The van der Waals surface area contributed by atoms with Crippen molar-refractivity contribution in [1.82, 2.24) is 4.72 Å². The molecule has 0 saturated heterocycles. The van der Waals surface area contributed by atoms with Gasteiger partial charge in [0.2, 0.25) is 10.0 Å². The summed E-state index contributed by atoms with van der Waals surface area (Å²) in [7, 11) is -3.28. The lowest BCUT2D eigenvalue weighted by atomic mass is 10.0. The number of anilines is 1. The molecule has 0 aliphatic carbocycles. The number of aromatic carboxylic acids is 1. The van der Waals surface area contributed by atoms with Gasteiger partial charge >= 0.3 is 5.97 Å². The van der Waals surface area contributed by atoms with Crippen LogP contribution < -0.4 is 10.0 Å². The normalized spacial score (nSPS) is 12.6. The van der Waals surface area contributed by atoms with Gasteiger partial charge in [-0.3, -0.25) is 0 Å². The van der Waals surface area contributed by atoms with E-state index in [2.05, 4.69) is 17.0 Å². The summed E-state index contributed by atoms with van der Waals surface area (Å²) in [6.45, 7) is 2.70. The zero-order chi connectivity index (χ0) is 21.5. The Labute approximate surface area is 176 Å². The molecule has 0 bridgehead atoms. The molecule has 0 spiro atoms. The van der Waals surface area contributed by atoms with E-state index < -0.39 is 16.0 Å². The molecule has 1 atom stereocenters. The molecule has 6 nitrogen and oxygen atoms in total. The van der Waals surface area contributed by atoms with Gasteiger partial charge in [0.1, 0.15) is 0 Å². The van der Waals surface area contributed by atoms with E-state index in [0.717, 1.165) is 24.9 Å². The number of carboxylic acid groups (broad SMARTS) is 1. The average Bonchev–Trinajstić information content (AvgIpc) is 2.66. The van der Waals surface area contributed by atoms with Crippen LogP contribution in [0, 0.1) is 0 Å². The van der Waals surface area contributed by atoms with Crippen molar-refractivity contribution in [3.63, 3.8) is 0 Å². The second-order valence-electron chi connectivity index (χ2n) is 7.82. The summed E-state index contributed by atoms with van der Waals surface area (Å²) in [6.07, 6.45) is 14.4. The second-order valence-corrected chi connectivity index (χ2v) is 9.60. The summed E-state index contributed by atoms with van der Waals surface area (Å²) < 4.78 is 26.0. The van der Waals surface area contributed by atoms with Crippen molar-refractivity contribution < 1.29 is 18.3 Å². The van der Waals surface area contributed by atoms with Gasteiger partial charge in [-0.2, -0.15) is 0 Å². The quantitative estimate of drug-likeness (QED) is 0.304. The molecule has 0 heterocycles. The van der Waals surface area contributed by atoms with Crippen LogP contribution in [0.25, 0.3) is 0 Å². The van der Waals surface area contributed by atoms with Crippen LogP contribution in [0.4, 0.5) is 5.69 Å². The van der Waals surface area contributed by atoms with E-state index in [1.54, 1.807) is 12.1 Å². The Morgan fingerprint density at radius 3 is 1.93 bits per heavy atom. The highest BCUT2D eigenvalue weighted by Crippen LogP contribution is 2.14. The van der Waals surface area contributed by atoms with E-state index >= 15 is 0 Å².